The van der Waals surface area contributed by atoms with Crippen molar-refractivity contribution in [3.05, 3.63) is 71.8 Å². The lowest BCUT2D eigenvalue weighted by molar-refractivity contribution is 0.446. The molecule has 2 heteroatoms. The molecule has 0 heterocycles. The molecule has 0 saturated carbocycles. The third-order valence-corrected chi connectivity index (χ3v) is 3.10. The van der Waals surface area contributed by atoms with Crippen LogP contribution in [0.1, 0.15) is 18.1 Å². The number of rotatable bonds is 5. The number of nitrogens with one attached hydrogen (secondary N) is 1. The van der Waals surface area contributed by atoms with E-state index in [-0.39, 0.29) is 5.54 Å². The Balaban J connectivity index is 1.90. The van der Waals surface area contributed by atoms with Gasteiger partial charge in [-0.25, -0.2) is 0 Å². The second-order valence-electron chi connectivity index (χ2n) is 4.87. The number of nitrogens with two attached hydrogens (primary N) is 1. The van der Waals surface area contributed by atoms with Crippen LogP contribution in [0.15, 0.2) is 60.7 Å². The molecule has 18 heavy (non-hydrogen) atoms. The molecule has 2 rings (SSSR count). The van der Waals surface area contributed by atoms with E-state index in [1.807, 2.05) is 24.3 Å². The highest BCUT2D eigenvalue weighted by molar-refractivity contribution is 5.23. The maximum Gasteiger partial charge on any atom is 0.0507 e. The largest absolute Gasteiger partial charge is 0.321 e. The van der Waals surface area contributed by atoms with Crippen molar-refractivity contribution < 1.29 is 0 Å². The molecule has 2 aromatic rings. The summed E-state index contributed by atoms with van der Waals surface area (Å²) in [6.45, 7) is 3.66. The molecule has 0 amide bonds. The molecule has 1 unspecified atom stereocenters. The molecule has 2 nitrogen and oxygen atoms in total. The van der Waals surface area contributed by atoms with Gasteiger partial charge in [-0.3, -0.25) is 0 Å². The normalized spacial score (nSPS) is 14.1. The van der Waals surface area contributed by atoms with Gasteiger partial charge in [-0.1, -0.05) is 60.7 Å². The smallest absolute Gasteiger partial charge is 0.0507 e. The van der Waals surface area contributed by atoms with Gasteiger partial charge in [0.1, 0.15) is 0 Å². The number of hydrogen-bond donors (Lipinski definition) is 2. The van der Waals surface area contributed by atoms with Gasteiger partial charge in [0.25, 0.3) is 0 Å². The monoisotopic (exact) mass is 240 g/mol. The van der Waals surface area contributed by atoms with Crippen molar-refractivity contribution in [2.45, 2.75) is 19.0 Å². The number of benzene rings is 2. The van der Waals surface area contributed by atoms with Crippen molar-refractivity contribution in [2.75, 3.05) is 6.54 Å². The van der Waals surface area contributed by atoms with Crippen LogP contribution in [0, 0.1) is 0 Å². The van der Waals surface area contributed by atoms with Crippen molar-refractivity contribution in [3.8, 4) is 0 Å². The highest BCUT2D eigenvalue weighted by Crippen LogP contribution is 2.16. The Morgan fingerprint density at radius 2 is 1.50 bits per heavy atom. The van der Waals surface area contributed by atoms with E-state index in [0.29, 0.717) is 0 Å². The van der Waals surface area contributed by atoms with Crippen LogP contribution >= 0.6 is 0 Å². The average Bonchev–Trinajstić information content (AvgIpc) is 2.41. The fourth-order valence-corrected chi connectivity index (χ4v) is 1.98. The van der Waals surface area contributed by atoms with E-state index in [2.05, 4.69) is 48.6 Å². The van der Waals surface area contributed by atoms with Gasteiger partial charge in [-0.05, 0) is 18.1 Å². The van der Waals surface area contributed by atoms with Crippen LogP contribution in [-0.2, 0) is 12.1 Å². The molecule has 2 aromatic carbocycles. The highest BCUT2D eigenvalue weighted by Gasteiger charge is 2.19. The Morgan fingerprint density at radius 1 is 0.944 bits per heavy atom. The predicted octanol–water partition coefficient (Wildman–Crippen LogP) is 2.65. The van der Waals surface area contributed by atoms with E-state index in [0.717, 1.165) is 18.7 Å². The maximum absolute atomic E-state index is 6.34. The molecule has 0 spiro atoms. The van der Waals surface area contributed by atoms with E-state index < -0.39 is 0 Å². The van der Waals surface area contributed by atoms with E-state index in [9.17, 15) is 0 Å². The van der Waals surface area contributed by atoms with E-state index in [1.165, 1.54) is 5.56 Å². The van der Waals surface area contributed by atoms with Crippen LogP contribution in [0.4, 0.5) is 0 Å². The van der Waals surface area contributed by atoms with E-state index in [1.54, 1.807) is 0 Å². The summed E-state index contributed by atoms with van der Waals surface area (Å²) in [5.41, 5.74) is 8.44. The Bertz CT molecular complexity index is 463. The summed E-state index contributed by atoms with van der Waals surface area (Å²) in [7, 11) is 0. The van der Waals surface area contributed by atoms with Gasteiger partial charge < -0.3 is 11.1 Å². The van der Waals surface area contributed by atoms with Crippen molar-refractivity contribution in [3.63, 3.8) is 0 Å². The third-order valence-electron chi connectivity index (χ3n) is 3.10. The second-order valence-corrected chi connectivity index (χ2v) is 4.87. The lowest BCUT2D eigenvalue weighted by Gasteiger charge is -2.25. The topological polar surface area (TPSA) is 38.0 Å². The highest BCUT2D eigenvalue weighted by atomic mass is 14.9. The van der Waals surface area contributed by atoms with Gasteiger partial charge >= 0.3 is 0 Å². The Morgan fingerprint density at radius 3 is 2.11 bits per heavy atom. The minimum Gasteiger partial charge on any atom is -0.321 e. The van der Waals surface area contributed by atoms with E-state index >= 15 is 0 Å². The lowest BCUT2D eigenvalue weighted by atomic mass is 9.93. The molecule has 0 aliphatic carbocycles. The summed E-state index contributed by atoms with van der Waals surface area (Å²) in [5.74, 6) is 0. The second kappa shape index (κ2) is 5.80. The fourth-order valence-electron chi connectivity index (χ4n) is 1.98. The lowest BCUT2D eigenvalue weighted by Crippen LogP contribution is -2.43. The zero-order chi connectivity index (χ0) is 12.8. The van der Waals surface area contributed by atoms with Crippen molar-refractivity contribution in [1.29, 1.82) is 0 Å². The van der Waals surface area contributed by atoms with Crippen LogP contribution in [0.25, 0.3) is 0 Å². The summed E-state index contributed by atoms with van der Waals surface area (Å²) in [6.07, 6.45) is 0. The molecule has 0 aliphatic rings. The summed E-state index contributed by atoms with van der Waals surface area (Å²) in [5, 5.41) is 3.42. The quantitative estimate of drug-likeness (QED) is 0.843. The molecule has 0 aromatic heterocycles. The summed E-state index contributed by atoms with van der Waals surface area (Å²) in [4.78, 5) is 0. The SMILES string of the molecule is CC(N)(CNCc1ccccc1)c1ccccc1. The summed E-state index contributed by atoms with van der Waals surface area (Å²) >= 11 is 0. The number of hydrogen-bond acceptors (Lipinski definition) is 2. The van der Waals surface area contributed by atoms with Gasteiger partial charge in [0.15, 0.2) is 0 Å². The van der Waals surface area contributed by atoms with Crippen LogP contribution < -0.4 is 11.1 Å². The molecule has 1 atom stereocenters. The molecule has 0 bridgehead atoms. The summed E-state index contributed by atoms with van der Waals surface area (Å²) < 4.78 is 0. The zero-order valence-electron chi connectivity index (χ0n) is 10.8. The van der Waals surface area contributed by atoms with Crippen molar-refractivity contribution in [2.24, 2.45) is 5.73 Å². The molecule has 3 N–H and O–H groups in total. The fraction of sp³-hybridized carbons (Fsp3) is 0.250. The van der Waals surface area contributed by atoms with Gasteiger partial charge in [0.05, 0.1) is 5.54 Å². The molecular formula is C16H20N2. The van der Waals surface area contributed by atoms with Gasteiger partial charge in [-0.15, -0.1) is 0 Å². The molecule has 94 valence electrons. The van der Waals surface area contributed by atoms with Crippen LogP contribution in [-0.4, -0.2) is 6.54 Å². The van der Waals surface area contributed by atoms with Gasteiger partial charge in [0, 0.05) is 13.1 Å². The van der Waals surface area contributed by atoms with Gasteiger partial charge in [-0.2, -0.15) is 0 Å². The van der Waals surface area contributed by atoms with Crippen molar-refractivity contribution >= 4 is 0 Å². The standard InChI is InChI=1S/C16H20N2/c1-16(17,15-10-6-3-7-11-15)13-18-12-14-8-4-2-5-9-14/h2-11,18H,12-13,17H2,1H3. The van der Waals surface area contributed by atoms with Crippen LogP contribution in [0.3, 0.4) is 0 Å². The first-order valence-electron chi connectivity index (χ1n) is 6.27. The maximum atomic E-state index is 6.34. The minimum absolute atomic E-state index is 0.337. The zero-order valence-corrected chi connectivity index (χ0v) is 10.8. The first-order valence-corrected chi connectivity index (χ1v) is 6.27. The predicted molar refractivity (Wildman–Crippen MR) is 76.1 cm³/mol. The minimum atomic E-state index is -0.337. The van der Waals surface area contributed by atoms with Crippen LogP contribution in [0.5, 0.6) is 0 Å². The Kier molecular flexibility index (Phi) is 4.13. The average molecular weight is 240 g/mol. The van der Waals surface area contributed by atoms with Gasteiger partial charge in [0.2, 0.25) is 0 Å². The molecule has 0 saturated heterocycles. The summed E-state index contributed by atoms with van der Waals surface area (Å²) in [6, 6.07) is 20.6. The molecule has 0 radical (unpaired) electrons. The van der Waals surface area contributed by atoms with Crippen molar-refractivity contribution in [1.82, 2.24) is 5.32 Å². The van der Waals surface area contributed by atoms with E-state index in [4.69, 9.17) is 5.73 Å². The Labute approximate surface area is 109 Å². The Hall–Kier alpha value is -1.64. The molecule has 0 aliphatic heterocycles. The third kappa shape index (κ3) is 3.42. The first kappa shape index (κ1) is 12.8. The van der Waals surface area contributed by atoms with Crippen LogP contribution in [0.2, 0.25) is 0 Å². The molecular weight excluding hydrogens is 220 g/mol. The molecule has 0 fully saturated rings. The first-order chi connectivity index (χ1) is 8.68.